The zero-order valence-corrected chi connectivity index (χ0v) is 13.4. The molecule has 1 N–H and O–H groups in total. The Bertz CT molecular complexity index is 469. The minimum absolute atomic E-state index is 0.0604. The summed E-state index contributed by atoms with van der Waals surface area (Å²) in [7, 11) is 0. The van der Waals surface area contributed by atoms with Crippen molar-refractivity contribution in [2.45, 2.75) is 39.7 Å². The first-order valence-electron chi connectivity index (χ1n) is 7.59. The van der Waals surface area contributed by atoms with Gasteiger partial charge in [0, 0.05) is 17.0 Å². The molecule has 1 aromatic heterocycles. The summed E-state index contributed by atoms with van der Waals surface area (Å²) in [5.74, 6) is 7.51. The zero-order valence-electron chi connectivity index (χ0n) is 12.6. The lowest BCUT2D eigenvalue weighted by atomic mass is 9.89. The van der Waals surface area contributed by atoms with Gasteiger partial charge in [-0.1, -0.05) is 25.7 Å². The van der Waals surface area contributed by atoms with Crippen molar-refractivity contribution in [1.29, 1.82) is 0 Å². The molecule has 0 saturated carbocycles. The number of likely N-dealkylation sites (tertiary alicyclic amines) is 1. The molecule has 0 spiro atoms. The molecule has 110 valence electrons. The zero-order chi connectivity index (χ0) is 14.4. The summed E-state index contributed by atoms with van der Waals surface area (Å²) in [6.07, 6.45) is 4.00. The van der Waals surface area contributed by atoms with Gasteiger partial charge in [-0.15, -0.1) is 11.3 Å². The van der Waals surface area contributed by atoms with Crippen LogP contribution >= 0.6 is 11.3 Å². The Hall–Kier alpha value is -0.820. The van der Waals surface area contributed by atoms with Gasteiger partial charge in [-0.3, -0.25) is 4.90 Å². The highest BCUT2D eigenvalue weighted by Gasteiger charge is 2.20. The lowest BCUT2D eigenvalue weighted by Gasteiger charge is -2.20. The van der Waals surface area contributed by atoms with E-state index in [1.165, 1.54) is 37.2 Å². The second-order valence-electron chi connectivity index (χ2n) is 5.93. The van der Waals surface area contributed by atoms with Gasteiger partial charge in [0.05, 0.1) is 0 Å². The minimum atomic E-state index is -0.0604. The average Bonchev–Trinajstić information content (AvgIpc) is 2.71. The van der Waals surface area contributed by atoms with Crippen LogP contribution in [0, 0.1) is 23.7 Å². The van der Waals surface area contributed by atoms with Crippen molar-refractivity contribution in [2.24, 2.45) is 11.8 Å². The third kappa shape index (κ3) is 4.34. The molecule has 1 atom stereocenters. The monoisotopic (exact) mass is 291 g/mol. The lowest BCUT2D eigenvalue weighted by Crippen LogP contribution is -2.24. The van der Waals surface area contributed by atoms with Crippen molar-refractivity contribution < 1.29 is 5.11 Å². The van der Waals surface area contributed by atoms with Crippen LogP contribution in [0.15, 0.2) is 11.4 Å². The molecule has 1 aliphatic rings. The summed E-state index contributed by atoms with van der Waals surface area (Å²) in [4.78, 5) is 3.91. The Balaban J connectivity index is 1.95. The predicted octanol–water partition coefficient (Wildman–Crippen LogP) is 3.35. The van der Waals surface area contributed by atoms with E-state index in [1.54, 1.807) is 11.3 Å². The molecule has 1 aromatic rings. The number of aliphatic hydroxyl groups excluding tert-OH is 1. The first kappa shape index (κ1) is 15.6. The van der Waals surface area contributed by atoms with Gasteiger partial charge in [0.25, 0.3) is 0 Å². The van der Waals surface area contributed by atoms with Crippen LogP contribution in [0.1, 0.15) is 43.6 Å². The molecular weight excluding hydrogens is 266 g/mol. The quantitative estimate of drug-likeness (QED) is 0.863. The summed E-state index contributed by atoms with van der Waals surface area (Å²) in [6, 6.07) is 2.07. The van der Waals surface area contributed by atoms with Crippen molar-refractivity contribution >= 4 is 11.3 Å². The van der Waals surface area contributed by atoms with Gasteiger partial charge in [-0.25, -0.2) is 0 Å². The molecule has 1 saturated heterocycles. The van der Waals surface area contributed by atoms with Crippen LogP contribution in [-0.4, -0.2) is 29.7 Å². The van der Waals surface area contributed by atoms with E-state index in [0.717, 1.165) is 23.9 Å². The van der Waals surface area contributed by atoms with Crippen LogP contribution in [0.5, 0.6) is 0 Å². The minimum Gasteiger partial charge on any atom is -0.384 e. The molecule has 0 amide bonds. The van der Waals surface area contributed by atoms with Gasteiger partial charge in [0.1, 0.15) is 6.61 Å². The van der Waals surface area contributed by atoms with Crippen molar-refractivity contribution in [3.63, 3.8) is 0 Å². The maximum absolute atomic E-state index is 8.82. The van der Waals surface area contributed by atoms with Crippen LogP contribution < -0.4 is 0 Å². The SMILES string of the molecule is CC(C)C1CCCN(Cc2sccc2C#CCO)CC1. The van der Waals surface area contributed by atoms with Gasteiger partial charge < -0.3 is 5.11 Å². The van der Waals surface area contributed by atoms with Crippen LogP contribution in [0.2, 0.25) is 0 Å². The Kier molecular flexibility index (Phi) is 6.09. The summed E-state index contributed by atoms with van der Waals surface area (Å²) >= 11 is 1.78. The second-order valence-corrected chi connectivity index (χ2v) is 6.93. The fourth-order valence-electron chi connectivity index (χ4n) is 2.92. The largest absolute Gasteiger partial charge is 0.384 e. The third-order valence-corrected chi connectivity index (χ3v) is 5.13. The third-order valence-electron chi connectivity index (χ3n) is 4.22. The second kappa shape index (κ2) is 7.83. The highest BCUT2D eigenvalue weighted by atomic mass is 32.1. The van der Waals surface area contributed by atoms with Gasteiger partial charge >= 0.3 is 0 Å². The molecule has 2 heterocycles. The number of rotatable bonds is 3. The number of nitrogens with zero attached hydrogens (tertiary/aromatic N) is 1. The normalized spacial score (nSPS) is 20.5. The summed E-state index contributed by atoms with van der Waals surface area (Å²) < 4.78 is 0. The highest BCUT2D eigenvalue weighted by Crippen LogP contribution is 2.26. The van der Waals surface area contributed by atoms with E-state index in [-0.39, 0.29) is 6.61 Å². The van der Waals surface area contributed by atoms with Gasteiger partial charge in [-0.2, -0.15) is 0 Å². The molecule has 1 fully saturated rings. The smallest absolute Gasteiger partial charge is 0.104 e. The number of hydrogen-bond donors (Lipinski definition) is 1. The molecule has 2 nitrogen and oxygen atoms in total. The molecule has 1 aliphatic heterocycles. The van der Waals surface area contributed by atoms with Crippen LogP contribution in [0.3, 0.4) is 0 Å². The topological polar surface area (TPSA) is 23.5 Å². The molecule has 0 aromatic carbocycles. The summed E-state index contributed by atoms with van der Waals surface area (Å²) in [5.41, 5.74) is 1.09. The molecule has 1 unspecified atom stereocenters. The standard InChI is InChI=1S/C17H25NOS/c1-14(2)15-5-3-9-18(10-7-15)13-17-16(6-4-11-19)8-12-20-17/h8,12,14-15,19H,3,5,7,9-11,13H2,1-2H3. The van der Waals surface area contributed by atoms with Crippen LogP contribution in [0.4, 0.5) is 0 Å². The number of thiophene rings is 1. The van der Waals surface area contributed by atoms with Crippen molar-refractivity contribution in [1.82, 2.24) is 4.90 Å². The average molecular weight is 291 g/mol. The lowest BCUT2D eigenvalue weighted by molar-refractivity contribution is 0.266. The van der Waals surface area contributed by atoms with Crippen molar-refractivity contribution in [3.05, 3.63) is 21.9 Å². The molecule has 3 heteroatoms. The van der Waals surface area contributed by atoms with E-state index < -0.39 is 0 Å². The molecule has 0 aliphatic carbocycles. The van der Waals surface area contributed by atoms with Crippen molar-refractivity contribution in [2.75, 3.05) is 19.7 Å². The van der Waals surface area contributed by atoms with Crippen LogP contribution in [-0.2, 0) is 6.54 Å². The molecular formula is C17H25NOS. The summed E-state index contributed by atoms with van der Waals surface area (Å²) in [5, 5.41) is 10.9. The fourth-order valence-corrected chi connectivity index (χ4v) is 3.79. The fraction of sp³-hybridized carbons (Fsp3) is 0.647. The number of aliphatic hydroxyl groups is 1. The van der Waals surface area contributed by atoms with E-state index in [1.807, 2.05) is 0 Å². The Morgan fingerprint density at radius 3 is 3.00 bits per heavy atom. The van der Waals surface area contributed by atoms with E-state index in [0.29, 0.717) is 0 Å². The van der Waals surface area contributed by atoms with Crippen molar-refractivity contribution in [3.8, 4) is 11.8 Å². The highest BCUT2D eigenvalue weighted by molar-refractivity contribution is 7.10. The first-order valence-corrected chi connectivity index (χ1v) is 8.47. The maximum atomic E-state index is 8.82. The van der Waals surface area contributed by atoms with E-state index in [4.69, 9.17) is 5.11 Å². The van der Waals surface area contributed by atoms with Crippen LogP contribution in [0.25, 0.3) is 0 Å². The van der Waals surface area contributed by atoms with E-state index in [9.17, 15) is 0 Å². The first-order chi connectivity index (χ1) is 9.70. The Morgan fingerprint density at radius 2 is 2.25 bits per heavy atom. The van der Waals surface area contributed by atoms with Gasteiger partial charge in [0.15, 0.2) is 0 Å². The van der Waals surface area contributed by atoms with E-state index in [2.05, 4.69) is 42.0 Å². The van der Waals surface area contributed by atoms with E-state index >= 15 is 0 Å². The Labute approximate surface area is 126 Å². The predicted molar refractivity (Wildman–Crippen MR) is 85.7 cm³/mol. The summed E-state index contributed by atoms with van der Waals surface area (Å²) in [6.45, 7) is 8.05. The molecule has 2 rings (SSSR count). The number of hydrogen-bond acceptors (Lipinski definition) is 3. The molecule has 0 radical (unpaired) electrons. The maximum Gasteiger partial charge on any atom is 0.104 e. The molecule has 0 bridgehead atoms. The Morgan fingerprint density at radius 1 is 1.40 bits per heavy atom. The van der Waals surface area contributed by atoms with Gasteiger partial charge in [0.2, 0.25) is 0 Å². The van der Waals surface area contributed by atoms with Gasteiger partial charge in [-0.05, 0) is 55.6 Å². The molecule has 20 heavy (non-hydrogen) atoms.